The van der Waals surface area contributed by atoms with E-state index in [-0.39, 0.29) is 11.7 Å². The molecule has 1 aromatic carbocycles. The van der Waals surface area contributed by atoms with E-state index in [1.54, 1.807) is 24.3 Å². The molecule has 1 aromatic rings. The van der Waals surface area contributed by atoms with Crippen LogP contribution in [-0.2, 0) is 4.84 Å². The molecule has 0 aromatic heterocycles. The van der Waals surface area contributed by atoms with E-state index in [1.807, 2.05) is 0 Å². The van der Waals surface area contributed by atoms with Gasteiger partial charge >= 0.3 is 5.97 Å². The Bertz CT molecular complexity index is 379. The number of hydrogen-bond acceptors (Lipinski definition) is 3. The van der Waals surface area contributed by atoms with Gasteiger partial charge in [-0.2, -0.15) is 0 Å². The second-order valence-corrected chi connectivity index (χ2v) is 2.94. The Hall–Kier alpha value is -1.84. The molecule has 14 heavy (non-hydrogen) atoms. The van der Waals surface area contributed by atoms with Crippen LogP contribution >= 0.6 is 0 Å². The van der Waals surface area contributed by atoms with E-state index in [9.17, 15) is 4.79 Å². The fourth-order valence-corrected chi connectivity index (χ4v) is 1.40. The molecule has 1 atom stereocenters. The Morgan fingerprint density at radius 2 is 2.36 bits per heavy atom. The molecule has 1 heterocycles. The van der Waals surface area contributed by atoms with Crippen molar-refractivity contribution in [3.05, 3.63) is 35.4 Å². The molecule has 1 N–H and O–H groups in total. The summed E-state index contributed by atoms with van der Waals surface area (Å²) >= 11 is 0. The lowest BCUT2D eigenvalue weighted by Crippen LogP contribution is -2.06. The zero-order valence-electron chi connectivity index (χ0n) is 7.30. The molecule has 0 saturated carbocycles. The van der Waals surface area contributed by atoms with Crippen molar-refractivity contribution in [3.63, 3.8) is 0 Å². The van der Waals surface area contributed by atoms with E-state index in [2.05, 4.69) is 11.4 Å². The summed E-state index contributed by atoms with van der Waals surface area (Å²) in [6, 6.07) is 6.76. The molecule has 1 radical (unpaired) electrons. The molecular formula is C10H8NO3. The normalized spacial score (nSPS) is 19.3. The van der Waals surface area contributed by atoms with Gasteiger partial charge in [-0.05, 0) is 6.07 Å². The predicted octanol–water partition coefficient (Wildman–Crippen LogP) is 1.71. The van der Waals surface area contributed by atoms with Crippen LogP contribution in [0, 0.1) is 0 Å². The summed E-state index contributed by atoms with van der Waals surface area (Å²) in [6.07, 6.45) is 2.85. The molecular weight excluding hydrogens is 182 g/mol. The molecule has 2 rings (SSSR count). The Balaban J connectivity index is 2.36. The molecule has 71 valence electrons. The van der Waals surface area contributed by atoms with Crippen molar-refractivity contribution in [2.24, 2.45) is 5.16 Å². The third-order valence-electron chi connectivity index (χ3n) is 2.06. The first-order chi connectivity index (χ1) is 6.79. The van der Waals surface area contributed by atoms with Crippen molar-refractivity contribution >= 4 is 12.2 Å². The molecule has 0 amide bonds. The second kappa shape index (κ2) is 3.49. The minimum atomic E-state index is -0.948. The number of benzene rings is 1. The highest BCUT2D eigenvalue weighted by molar-refractivity contribution is 5.89. The lowest BCUT2D eigenvalue weighted by molar-refractivity contribution is 0.0664. The zero-order valence-corrected chi connectivity index (χ0v) is 7.30. The molecule has 0 spiro atoms. The quantitative estimate of drug-likeness (QED) is 0.772. The molecule has 0 aliphatic carbocycles. The first kappa shape index (κ1) is 8.74. The van der Waals surface area contributed by atoms with Crippen LogP contribution in [0.3, 0.4) is 0 Å². The number of hydrogen-bond donors (Lipinski definition) is 1. The summed E-state index contributed by atoms with van der Waals surface area (Å²) in [6.45, 7) is 0. The van der Waals surface area contributed by atoms with Gasteiger partial charge in [-0.15, -0.1) is 0 Å². The number of carboxylic acids is 1. The minimum Gasteiger partial charge on any atom is -0.478 e. The lowest BCUT2D eigenvalue weighted by Gasteiger charge is -2.10. The summed E-state index contributed by atoms with van der Waals surface area (Å²) in [5.41, 5.74) is 0.908. The maximum Gasteiger partial charge on any atom is 0.336 e. The highest BCUT2D eigenvalue weighted by Crippen LogP contribution is 2.27. The molecule has 0 bridgehead atoms. The SMILES string of the molecule is O=C(O)c1ccccc1C1C[C]=NO1. The van der Waals surface area contributed by atoms with Gasteiger partial charge in [0, 0.05) is 12.0 Å². The van der Waals surface area contributed by atoms with E-state index in [0.717, 1.165) is 0 Å². The summed E-state index contributed by atoms with van der Waals surface area (Å²) in [5.74, 6) is -0.948. The molecule has 1 unspecified atom stereocenters. The van der Waals surface area contributed by atoms with Gasteiger partial charge in [-0.25, -0.2) is 4.79 Å². The number of nitrogens with zero attached hydrogens (tertiary/aromatic N) is 1. The molecule has 4 heteroatoms. The van der Waals surface area contributed by atoms with Gasteiger partial charge in [0.15, 0.2) is 6.10 Å². The Morgan fingerprint density at radius 1 is 1.57 bits per heavy atom. The largest absolute Gasteiger partial charge is 0.478 e. The van der Waals surface area contributed by atoms with Gasteiger partial charge in [-0.1, -0.05) is 23.4 Å². The van der Waals surface area contributed by atoms with Gasteiger partial charge in [0.2, 0.25) is 0 Å². The van der Waals surface area contributed by atoms with Crippen molar-refractivity contribution < 1.29 is 14.7 Å². The van der Waals surface area contributed by atoms with Crippen LogP contribution < -0.4 is 0 Å². The third-order valence-corrected chi connectivity index (χ3v) is 2.06. The van der Waals surface area contributed by atoms with Crippen LogP contribution in [0.2, 0.25) is 0 Å². The van der Waals surface area contributed by atoms with Crippen molar-refractivity contribution in [3.8, 4) is 0 Å². The molecule has 1 aliphatic rings. The standard InChI is InChI=1S/C10H8NO3/c12-10(13)8-4-2-1-3-7(8)9-5-6-11-14-9/h1-4,9H,5H2,(H,12,13). The van der Waals surface area contributed by atoms with Gasteiger partial charge in [0.1, 0.15) is 6.21 Å². The van der Waals surface area contributed by atoms with Crippen LogP contribution in [0.25, 0.3) is 0 Å². The van der Waals surface area contributed by atoms with Crippen molar-refractivity contribution in [1.82, 2.24) is 0 Å². The van der Waals surface area contributed by atoms with Gasteiger partial charge in [0.25, 0.3) is 0 Å². The molecule has 4 nitrogen and oxygen atoms in total. The van der Waals surface area contributed by atoms with E-state index in [4.69, 9.17) is 9.94 Å². The molecule has 0 fully saturated rings. The third kappa shape index (κ3) is 1.46. The Labute approximate surface area is 80.8 Å². The maximum absolute atomic E-state index is 10.9. The van der Waals surface area contributed by atoms with Crippen LogP contribution in [0.5, 0.6) is 0 Å². The van der Waals surface area contributed by atoms with Crippen LogP contribution in [0.1, 0.15) is 28.4 Å². The number of rotatable bonds is 2. The fraction of sp³-hybridized carbons (Fsp3) is 0.200. The van der Waals surface area contributed by atoms with E-state index >= 15 is 0 Å². The first-order valence-corrected chi connectivity index (χ1v) is 4.20. The molecule has 0 saturated heterocycles. The van der Waals surface area contributed by atoms with E-state index in [0.29, 0.717) is 12.0 Å². The van der Waals surface area contributed by atoms with E-state index < -0.39 is 5.97 Å². The summed E-state index contributed by atoms with van der Waals surface area (Å²) < 4.78 is 0. The fourth-order valence-electron chi connectivity index (χ4n) is 1.40. The minimum absolute atomic E-state index is 0.261. The lowest BCUT2D eigenvalue weighted by atomic mass is 10.0. The monoisotopic (exact) mass is 190 g/mol. The highest BCUT2D eigenvalue weighted by Gasteiger charge is 2.22. The summed E-state index contributed by atoms with van der Waals surface area (Å²) in [5, 5.41) is 12.4. The summed E-state index contributed by atoms with van der Waals surface area (Å²) in [4.78, 5) is 15.9. The second-order valence-electron chi connectivity index (χ2n) is 2.94. The molecule has 1 aliphatic heterocycles. The summed E-state index contributed by atoms with van der Waals surface area (Å²) in [7, 11) is 0. The van der Waals surface area contributed by atoms with Crippen LogP contribution in [-0.4, -0.2) is 17.3 Å². The number of carbonyl (C=O) groups is 1. The van der Waals surface area contributed by atoms with Crippen molar-refractivity contribution in [2.45, 2.75) is 12.5 Å². The van der Waals surface area contributed by atoms with Crippen molar-refractivity contribution in [2.75, 3.05) is 0 Å². The smallest absolute Gasteiger partial charge is 0.336 e. The van der Waals surface area contributed by atoms with Gasteiger partial charge < -0.3 is 9.94 Å². The van der Waals surface area contributed by atoms with Crippen LogP contribution in [0.4, 0.5) is 0 Å². The highest BCUT2D eigenvalue weighted by atomic mass is 16.6. The average molecular weight is 190 g/mol. The Morgan fingerprint density at radius 3 is 3.00 bits per heavy atom. The first-order valence-electron chi connectivity index (χ1n) is 4.20. The maximum atomic E-state index is 10.9. The topological polar surface area (TPSA) is 58.9 Å². The van der Waals surface area contributed by atoms with Crippen LogP contribution in [0.15, 0.2) is 29.4 Å². The number of carboxylic acid groups (broad SMARTS) is 1. The van der Waals surface area contributed by atoms with Gasteiger partial charge in [-0.3, -0.25) is 0 Å². The van der Waals surface area contributed by atoms with Crippen molar-refractivity contribution in [1.29, 1.82) is 0 Å². The van der Waals surface area contributed by atoms with Gasteiger partial charge in [0.05, 0.1) is 5.56 Å². The zero-order chi connectivity index (χ0) is 9.97. The number of aromatic carboxylic acids is 1. The van der Waals surface area contributed by atoms with E-state index in [1.165, 1.54) is 0 Å². The predicted molar refractivity (Wildman–Crippen MR) is 49.3 cm³/mol. The average Bonchev–Trinajstić information content (AvgIpc) is 2.70. The Kier molecular flexibility index (Phi) is 2.18.